The summed E-state index contributed by atoms with van der Waals surface area (Å²) in [4.78, 5) is 23.8. The SMILES string of the molecule is CCCCCN(C)C(C(=O)O)C(=C=O)C(C)C. The van der Waals surface area contributed by atoms with Gasteiger partial charge >= 0.3 is 5.97 Å². The van der Waals surface area contributed by atoms with Crippen LogP contribution in [-0.4, -0.2) is 41.6 Å². The number of carboxylic acids is 1. The minimum atomic E-state index is -0.976. The smallest absolute Gasteiger partial charge is 0.326 e. The van der Waals surface area contributed by atoms with Gasteiger partial charge in [-0.05, 0) is 25.9 Å². The number of hydrogen-bond acceptors (Lipinski definition) is 3. The van der Waals surface area contributed by atoms with Gasteiger partial charge in [0.2, 0.25) is 0 Å². The number of hydrogen-bond donors (Lipinski definition) is 1. The van der Waals surface area contributed by atoms with Crippen molar-refractivity contribution in [3.63, 3.8) is 0 Å². The molecule has 0 bridgehead atoms. The van der Waals surface area contributed by atoms with Crippen molar-refractivity contribution in [2.24, 2.45) is 5.92 Å². The maximum atomic E-state index is 11.2. The molecular formula is C13H23NO3. The second kappa shape index (κ2) is 8.04. The van der Waals surface area contributed by atoms with Gasteiger partial charge in [0.25, 0.3) is 0 Å². The predicted octanol–water partition coefficient (Wildman–Crippen LogP) is 1.98. The fraction of sp³-hybridized carbons (Fsp3) is 0.769. The van der Waals surface area contributed by atoms with Crippen molar-refractivity contribution in [1.82, 2.24) is 4.90 Å². The molecule has 0 heterocycles. The van der Waals surface area contributed by atoms with E-state index in [9.17, 15) is 14.7 Å². The highest BCUT2D eigenvalue weighted by Gasteiger charge is 2.29. The number of rotatable bonds is 8. The molecule has 0 fully saturated rings. The highest BCUT2D eigenvalue weighted by atomic mass is 16.4. The maximum Gasteiger partial charge on any atom is 0.326 e. The lowest BCUT2D eigenvalue weighted by atomic mass is 9.96. The Hall–Kier alpha value is -1.12. The molecule has 17 heavy (non-hydrogen) atoms. The number of carbonyl (C=O) groups is 1. The first-order valence-electron chi connectivity index (χ1n) is 6.13. The van der Waals surface area contributed by atoms with E-state index in [1.54, 1.807) is 17.9 Å². The monoisotopic (exact) mass is 241 g/mol. The van der Waals surface area contributed by atoms with Crippen LogP contribution in [0.15, 0.2) is 5.57 Å². The van der Waals surface area contributed by atoms with Crippen molar-refractivity contribution in [3.05, 3.63) is 5.57 Å². The molecular weight excluding hydrogens is 218 g/mol. The third-order valence-electron chi connectivity index (χ3n) is 2.82. The quantitative estimate of drug-likeness (QED) is 0.521. The molecule has 0 aliphatic rings. The van der Waals surface area contributed by atoms with E-state index in [2.05, 4.69) is 6.92 Å². The molecule has 0 aromatic carbocycles. The Morgan fingerprint density at radius 1 is 1.35 bits per heavy atom. The van der Waals surface area contributed by atoms with Crippen molar-refractivity contribution >= 4 is 11.9 Å². The van der Waals surface area contributed by atoms with Crippen LogP contribution in [0.3, 0.4) is 0 Å². The van der Waals surface area contributed by atoms with Crippen LogP contribution in [-0.2, 0) is 9.59 Å². The Balaban J connectivity index is 4.73. The van der Waals surface area contributed by atoms with Crippen LogP contribution in [0.2, 0.25) is 0 Å². The van der Waals surface area contributed by atoms with Gasteiger partial charge in [0.1, 0.15) is 12.0 Å². The van der Waals surface area contributed by atoms with E-state index in [4.69, 9.17) is 0 Å². The lowest BCUT2D eigenvalue weighted by Crippen LogP contribution is -2.42. The minimum Gasteiger partial charge on any atom is -0.480 e. The first-order valence-corrected chi connectivity index (χ1v) is 6.13. The summed E-state index contributed by atoms with van der Waals surface area (Å²) in [7, 11) is 1.74. The van der Waals surface area contributed by atoms with Crippen LogP contribution < -0.4 is 0 Å². The van der Waals surface area contributed by atoms with E-state index in [1.807, 2.05) is 13.8 Å². The molecule has 0 aliphatic carbocycles. The Labute approximate surface area is 103 Å². The van der Waals surface area contributed by atoms with Gasteiger partial charge in [0.15, 0.2) is 0 Å². The van der Waals surface area contributed by atoms with Crippen LogP contribution in [0.4, 0.5) is 0 Å². The number of aliphatic carboxylic acids is 1. The summed E-state index contributed by atoms with van der Waals surface area (Å²) in [5.74, 6) is 0.727. The summed E-state index contributed by atoms with van der Waals surface area (Å²) >= 11 is 0. The number of unbranched alkanes of at least 4 members (excludes halogenated alkanes) is 2. The molecule has 98 valence electrons. The average Bonchev–Trinajstić information content (AvgIpc) is 2.24. The third-order valence-corrected chi connectivity index (χ3v) is 2.82. The van der Waals surface area contributed by atoms with E-state index >= 15 is 0 Å². The summed E-state index contributed by atoms with van der Waals surface area (Å²) in [5.41, 5.74) is 0.316. The van der Waals surface area contributed by atoms with Gasteiger partial charge in [-0.3, -0.25) is 9.69 Å². The minimum absolute atomic E-state index is 0.0952. The third kappa shape index (κ3) is 5.16. The summed E-state index contributed by atoms with van der Waals surface area (Å²) in [6.45, 7) is 6.41. The lowest BCUT2D eigenvalue weighted by Gasteiger charge is -2.26. The Morgan fingerprint density at radius 3 is 2.29 bits per heavy atom. The molecule has 0 aliphatic heterocycles. The molecule has 4 heteroatoms. The highest BCUT2D eigenvalue weighted by molar-refractivity contribution is 5.81. The van der Waals surface area contributed by atoms with Crippen LogP contribution in [0.25, 0.3) is 0 Å². The van der Waals surface area contributed by atoms with Gasteiger partial charge in [-0.25, -0.2) is 4.79 Å². The Kier molecular flexibility index (Phi) is 7.51. The number of carbonyl (C=O) groups excluding carboxylic acids is 1. The largest absolute Gasteiger partial charge is 0.480 e. The summed E-state index contributed by atoms with van der Waals surface area (Å²) in [5, 5.41) is 9.21. The molecule has 0 saturated heterocycles. The van der Waals surface area contributed by atoms with E-state index < -0.39 is 12.0 Å². The van der Waals surface area contributed by atoms with Crippen LogP contribution in [0.1, 0.15) is 40.0 Å². The van der Waals surface area contributed by atoms with Gasteiger partial charge in [-0.2, -0.15) is 0 Å². The average molecular weight is 241 g/mol. The molecule has 0 aromatic heterocycles. The standard InChI is InChI=1S/C13H23NO3/c1-5-6-7-8-14(4)12(13(16)17)11(9-15)10(2)3/h10,12H,5-8H2,1-4H3,(H,16,17). The molecule has 0 saturated carbocycles. The number of carboxylic acid groups (broad SMARTS) is 1. The fourth-order valence-electron chi connectivity index (χ4n) is 1.79. The molecule has 0 aromatic rings. The fourth-order valence-corrected chi connectivity index (χ4v) is 1.79. The first kappa shape index (κ1) is 15.9. The number of nitrogens with zero attached hydrogens (tertiary/aromatic N) is 1. The molecule has 1 N–H and O–H groups in total. The molecule has 0 amide bonds. The van der Waals surface area contributed by atoms with E-state index in [1.165, 1.54) is 0 Å². The van der Waals surface area contributed by atoms with Crippen molar-refractivity contribution < 1.29 is 14.7 Å². The molecule has 0 spiro atoms. The molecule has 0 radical (unpaired) electrons. The van der Waals surface area contributed by atoms with Gasteiger partial charge in [0, 0.05) is 5.57 Å². The summed E-state index contributed by atoms with van der Waals surface area (Å²) in [6, 6.07) is -0.843. The zero-order valence-corrected chi connectivity index (χ0v) is 11.2. The van der Waals surface area contributed by atoms with Crippen LogP contribution in [0, 0.1) is 5.92 Å². The molecule has 1 unspecified atom stereocenters. The first-order chi connectivity index (χ1) is 7.95. The second-order valence-electron chi connectivity index (χ2n) is 4.64. The van der Waals surface area contributed by atoms with E-state index in [0.29, 0.717) is 12.1 Å². The van der Waals surface area contributed by atoms with E-state index in [0.717, 1.165) is 19.3 Å². The Morgan fingerprint density at radius 2 is 1.94 bits per heavy atom. The normalized spacial score (nSPS) is 12.6. The second-order valence-corrected chi connectivity index (χ2v) is 4.64. The molecule has 0 rings (SSSR count). The summed E-state index contributed by atoms with van der Waals surface area (Å²) in [6.07, 6.45) is 3.10. The number of likely N-dealkylation sites (N-methyl/N-ethyl adjacent to an activating group) is 1. The van der Waals surface area contributed by atoms with Crippen LogP contribution >= 0.6 is 0 Å². The van der Waals surface area contributed by atoms with Crippen LogP contribution in [0.5, 0.6) is 0 Å². The van der Waals surface area contributed by atoms with Crippen molar-refractivity contribution in [2.75, 3.05) is 13.6 Å². The maximum absolute atomic E-state index is 11.2. The van der Waals surface area contributed by atoms with Gasteiger partial charge in [0.05, 0.1) is 0 Å². The topological polar surface area (TPSA) is 57.6 Å². The zero-order valence-electron chi connectivity index (χ0n) is 11.2. The molecule has 4 nitrogen and oxygen atoms in total. The van der Waals surface area contributed by atoms with E-state index in [-0.39, 0.29) is 5.92 Å². The highest BCUT2D eigenvalue weighted by Crippen LogP contribution is 2.16. The van der Waals surface area contributed by atoms with Gasteiger partial charge in [-0.15, -0.1) is 0 Å². The van der Waals surface area contributed by atoms with Gasteiger partial charge in [-0.1, -0.05) is 33.6 Å². The molecule has 1 atom stereocenters. The zero-order chi connectivity index (χ0) is 13.4. The van der Waals surface area contributed by atoms with Crippen molar-refractivity contribution in [1.29, 1.82) is 0 Å². The van der Waals surface area contributed by atoms with Crippen molar-refractivity contribution in [2.45, 2.75) is 46.1 Å². The summed E-state index contributed by atoms with van der Waals surface area (Å²) < 4.78 is 0. The predicted molar refractivity (Wildman–Crippen MR) is 67.6 cm³/mol. The lowest BCUT2D eigenvalue weighted by molar-refractivity contribution is -0.141. The Bertz CT molecular complexity index is 293. The van der Waals surface area contributed by atoms with Crippen molar-refractivity contribution in [3.8, 4) is 0 Å². The van der Waals surface area contributed by atoms with Gasteiger partial charge < -0.3 is 5.11 Å².